The molecule has 5 heteroatoms. The van der Waals surface area contributed by atoms with Gasteiger partial charge in [-0.1, -0.05) is 6.92 Å². The van der Waals surface area contributed by atoms with Crippen LogP contribution in [0.2, 0.25) is 0 Å². The molecule has 1 heterocycles. The van der Waals surface area contributed by atoms with Crippen molar-refractivity contribution in [3.8, 4) is 0 Å². The molecule has 1 saturated carbocycles. The summed E-state index contributed by atoms with van der Waals surface area (Å²) < 4.78 is 0. The van der Waals surface area contributed by atoms with Gasteiger partial charge in [-0.15, -0.1) is 0 Å². The minimum atomic E-state index is -0.172. The Morgan fingerprint density at radius 3 is 2.88 bits per heavy atom. The molecule has 0 spiro atoms. The standard InChI is InChI=1S/C12H18N4O/c1-7(9-3-4-9)6-14-11(17)10-5-8(2)15-12(13)16-10/h5,7,9H,3-4,6H2,1-2H3,(H,14,17)(H2,13,15,16). The first kappa shape index (κ1) is 11.8. The fourth-order valence-electron chi connectivity index (χ4n) is 1.88. The maximum absolute atomic E-state index is 11.8. The number of amides is 1. The summed E-state index contributed by atoms with van der Waals surface area (Å²) in [6, 6.07) is 1.65. The van der Waals surface area contributed by atoms with Gasteiger partial charge in [0, 0.05) is 12.2 Å². The van der Waals surface area contributed by atoms with Crippen molar-refractivity contribution >= 4 is 11.9 Å². The zero-order valence-electron chi connectivity index (χ0n) is 10.2. The molecular formula is C12H18N4O. The molecule has 1 amide bonds. The molecule has 3 N–H and O–H groups in total. The highest BCUT2D eigenvalue weighted by Crippen LogP contribution is 2.36. The minimum absolute atomic E-state index is 0.144. The van der Waals surface area contributed by atoms with Crippen molar-refractivity contribution in [1.82, 2.24) is 15.3 Å². The molecule has 92 valence electrons. The summed E-state index contributed by atoms with van der Waals surface area (Å²) in [5.74, 6) is 1.30. The molecule has 0 saturated heterocycles. The summed E-state index contributed by atoms with van der Waals surface area (Å²) >= 11 is 0. The van der Waals surface area contributed by atoms with Crippen LogP contribution in [0.15, 0.2) is 6.07 Å². The predicted octanol–water partition coefficient (Wildman–Crippen LogP) is 1.14. The molecule has 0 radical (unpaired) electrons. The predicted molar refractivity (Wildman–Crippen MR) is 65.4 cm³/mol. The number of hydrogen-bond acceptors (Lipinski definition) is 4. The van der Waals surface area contributed by atoms with Crippen molar-refractivity contribution in [3.05, 3.63) is 17.5 Å². The Morgan fingerprint density at radius 2 is 2.29 bits per heavy atom. The van der Waals surface area contributed by atoms with Crippen molar-refractivity contribution < 1.29 is 4.79 Å². The van der Waals surface area contributed by atoms with Crippen LogP contribution < -0.4 is 11.1 Å². The van der Waals surface area contributed by atoms with Gasteiger partial charge in [-0.25, -0.2) is 9.97 Å². The summed E-state index contributed by atoms with van der Waals surface area (Å²) in [5, 5.41) is 2.89. The normalized spacial score (nSPS) is 16.6. The van der Waals surface area contributed by atoms with Crippen LogP contribution in [0.5, 0.6) is 0 Å². The van der Waals surface area contributed by atoms with Crippen LogP contribution in [0.1, 0.15) is 35.9 Å². The lowest BCUT2D eigenvalue weighted by Crippen LogP contribution is -2.30. The number of aryl methyl sites for hydroxylation is 1. The van der Waals surface area contributed by atoms with Gasteiger partial charge in [-0.05, 0) is 37.7 Å². The number of carbonyl (C=O) groups is 1. The van der Waals surface area contributed by atoms with Gasteiger partial charge in [0.1, 0.15) is 5.69 Å². The van der Waals surface area contributed by atoms with Gasteiger partial charge >= 0.3 is 0 Å². The van der Waals surface area contributed by atoms with Crippen LogP contribution in [-0.4, -0.2) is 22.4 Å². The first-order valence-electron chi connectivity index (χ1n) is 5.95. The average Bonchev–Trinajstić information content (AvgIpc) is 3.07. The molecule has 1 aromatic rings. The SMILES string of the molecule is Cc1cc(C(=O)NCC(C)C2CC2)nc(N)n1. The lowest BCUT2D eigenvalue weighted by Gasteiger charge is -2.11. The molecule has 0 bridgehead atoms. The van der Waals surface area contributed by atoms with E-state index >= 15 is 0 Å². The van der Waals surface area contributed by atoms with Crippen molar-refractivity contribution in [3.63, 3.8) is 0 Å². The molecule has 17 heavy (non-hydrogen) atoms. The third-order valence-corrected chi connectivity index (χ3v) is 3.12. The topological polar surface area (TPSA) is 80.9 Å². The van der Waals surface area contributed by atoms with E-state index in [1.807, 2.05) is 0 Å². The number of nitrogens with two attached hydrogens (primary N) is 1. The second kappa shape index (κ2) is 4.69. The highest BCUT2D eigenvalue weighted by atomic mass is 16.1. The summed E-state index contributed by atoms with van der Waals surface area (Å²) in [4.78, 5) is 19.7. The van der Waals surface area contributed by atoms with E-state index in [0.29, 0.717) is 23.9 Å². The summed E-state index contributed by atoms with van der Waals surface area (Å²) in [6.45, 7) is 4.66. The summed E-state index contributed by atoms with van der Waals surface area (Å²) in [6.07, 6.45) is 2.58. The number of nitrogen functional groups attached to an aromatic ring is 1. The molecule has 1 unspecified atom stereocenters. The second-order valence-electron chi connectivity index (χ2n) is 4.78. The van der Waals surface area contributed by atoms with Crippen LogP contribution in [-0.2, 0) is 0 Å². The van der Waals surface area contributed by atoms with Crippen LogP contribution in [0.4, 0.5) is 5.95 Å². The zero-order chi connectivity index (χ0) is 12.4. The highest BCUT2D eigenvalue weighted by Gasteiger charge is 2.28. The van der Waals surface area contributed by atoms with Crippen LogP contribution in [0.25, 0.3) is 0 Å². The molecule has 1 aromatic heterocycles. The maximum atomic E-state index is 11.8. The van der Waals surface area contributed by atoms with Crippen molar-refractivity contribution in [2.24, 2.45) is 11.8 Å². The fraction of sp³-hybridized carbons (Fsp3) is 0.583. The Balaban J connectivity index is 1.94. The molecule has 1 aliphatic rings. The summed E-state index contributed by atoms with van der Waals surface area (Å²) in [5.41, 5.74) is 6.56. The number of anilines is 1. The van der Waals surface area contributed by atoms with Gasteiger partial charge in [-0.2, -0.15) is 0 Å². The Hall–Kier alpha value is -1.65. The van der Waals surface area contributed by atoms with Gasteiger partial charge in [0.05, 0.1) is 0 Å². The molecular weight excluding hydrogens is 216 g/mol. The van der Waals surface area contributed by atoms with Gasteiger partial charge in [-0.3, -0.25) is 4.79 Å². The quantitative estimate of drug-likeness (QED) is 0.818. The Bertz CT molecular complexity index is 408. The van der Waals surface area contributed by atoms with Crippen molar-refractivity contribution in [2.45, 2.75) is 26.7 Å². The van der Waals surface area contributed by atoms with E-state index in [0.717, 1.165) is 5.92 Å². The van der Waals surface area contributed by atoms with E-state index in [2.05, 4.69) is 22.2 Å². The molecule has 1 atom stereocenters. The highest BCUT2D eigenvalue weighted by molar-refractivity contribution is 5.92. The number of nitrogens with one attached hydrogen (secondary N) is 1. The molecule has 0 aromatic carbocycles. The molecule has 1 fully saturated rings. The number of aromatic nitrogens is 2. The van der Waals surface area contributed by atoms with Crippen molar-refractivity contribution in [2.75, 3.05) is 12.3 Å². The zero-order valence-corrected chi connectivity index (χ0v) is 10.2. The molecule has 2 rings (SSSR count). The Kier molecular flexibility index (Phi) is 3.26. The maximum Gasteiger partial charge on any atom is 0.270 e. The van der Waals surface area contributed by atoms with E-state index in [1.54, 1.807) is 13.0 Å². The first-order chi connectivity index (χ1) is 8.06. The van der Waals surface area contributed by atoms with E-state index in [1.165, 1.54) is 12.8 Å². The number of rotatable bonds is 4. The molecule has 0 aliphatic heterocycles. The van der Waals surface area contributed by atoms with Crippen LogP contribution >= 0.6 is 0 Å². The van der Waals surface area contributed by atoms with E-state index in [4.69, 9.17) is 5.73 Å². The molecule has 1 aliphatic carbocycles. The van der Waals surface area contributed by atoms with Crippen LogP contribution in [0, 0.1) is 18.8 Å². The summed E-state index contributed by atoms with van der Waals surface area (Å²) in [7, 11) is 0. The Morgan fingerprint density at radius 1 is 1.59 bits per heavy atom. The van der Waals surface area contributed by atoms with Crippen LogP contribution in [0.3, 0.4) is 0 Å². The number of carbonyl (C=O) groups excluding carboxylic acids is 1. The average molecular weight is 234 g/mol. The second-order valence-corrected chi connectivity index (χ2v) is 4.78. The van der Waals surface area contributed by atoms with Gasteiger partial charge in [0.2, 0.25) is 5.95 Å². The number of hydrogen-bond donors (Lipinski definition) is 2. The first-order valence-corrected chi connectivity index (χ1v) is 5.95. The monoisotopic (exact) mass is 234 g/mol. The largest absolute Gasteiger partial charge is 0.368 e. The van der Waals surface area contributed by atoms with E-state index < -0.39 is 0 Å². The number of nitrogens with zero attached hydrogens (tertiary/aromatic N) is 2. The van der Waals surface area contributed by atoms with E-state index in [9.17, 15) is 4.79 Å². The lowest BCUT2D eigenvalue weighted by atomic mass is 10.1. The third-order valence-electron chi connectivity index (χ3n) is 3.12. The fourth-order valence-corrected chi connectivity index (χ4v) is 1.88. The van der Waals surface area contributed by atoms with E-state index in [-0.39, 0.29) is 11.9 Å². The van der Waals surface area contributed by atoms with Gasteiger partial charge in [0.15, 0.2) is 0 Å². The van der Waals surface area contributed by atoms with Gasteiger partial charge in [0.25, 0.3) is 5.91 Å². The Labute approximate surface area is 101 Å². The van der Waals surface area contributed by atoms with Gasteiger partial charge < -0.3 is 11.1 Å². The third kappa shape index (κ3) is 3.15. The lowest BCUT2D eigenvalue weighted by molar-refractivity contribution is 0.0941. The molecule has 5 nitrogen and oxygen atoms in total. The minimum Gasteiger partial charge on any atom is -0.368 e. The smallest absolute Gasteiger partial charge is 0.270 e. The van der Waals surface area contributed by atoms with Crippen molar-refractivity contribution in [1.29, 1.82) is 0 Å².